The van der Waals surface area contributed by atoms with Gasteiger partial charge in [-0.3, -0.25) is 19.3 Å². The summed E-state index contributed by atoms with van der Waals surface area (Å²) in [5, 5.41) is 50.9. The maximum absolute atomic E-state index is 13.4. The van der Waals surface area contributed by atoms with E-state index in [1.807, 2.05) is 42.5 Å². The van der Waals surface area contributed by atoms with Crippen molar-refractivity contribution in [3.8, 4) is 5.75 Å². The highest BCUT2D eigenvalue weighted by Crippen LogP contribution is 2.46. The van der Waals surface area contributed by atoms with Crippen LogP contribution in [0.4, 0.5) is 0 Å². The summed E-state index contributed by atoms with van der Waals surface area (Å²) in [6, 6.07) is 16.5. The molecule has 9 nitrogen and oxygen atoms in total. The zero-order valence-corrected chi connectivity index (χ0v) is 23.6. The summed E-state index contributed by atoms with van der Waals surface area (Å²) in [7, 11) is 0. The summed E-state index contributed by atoms with van der Waals surface area (Å²) < 4.78 is 0. The third-order valence-corrected chi connectivity index (χ3v) is 8.34. The smallest absolute Gasteiger partial charge is 0.303 e. The fourth-order valence-electron chi connectivity index (χ4n) is 6.33. The third-order valence-electron chi connectivity index (χ3n) is 8.34. The fraction of sp³-hybridized carbons (Fsp3) is 0.424. The molecule has 1 heterocycles. The lowest BCUT2D eigenvalue weighted by molar-refractivity contribution is -0.141. The minimum absolute atomic E-state index is 0.0275. The number of carbonyl (C=O) groups is 3. The minimum Gasteiger partial charge on any atom is -0.508 e. The van der Waals surface area contributed by atoms with E-state index in [0.717, 1.165) is 16.7 Å². The number of benzene rings is 2. The predicted octanol–water partition coefficient (Wildman–Crippen LogP) is 3.62. The number of carbonyl (C=O) groups excluding carboxylic acids is 2. The Labute approximate surface area is 245 Å². The number of hydrogen-bond acceptors (Lipinski definition) is 7. The number of phenols is 1. The Balaban J connectivity index is 1.52. The SMILES string of the molecule is O=C(O)CCCCCN1C(=O)[C@@H]2[C@@H](CC(CO)=C([C@H](O)CC/C(=C/c3cccc(O)c3)c3ccccc3)[C@@H]2CO)C1=O. The molecule has 2 aromatic rings. The van der Waals surface area contributed by atoms with Gasteiger partial charge >= 0.3 is 5.97 Å². The van der Waals surface area contributed by atoms with Gasteiger partial charge in [-0.15, -0.1) is 0 Å². The molecule has 1 aliphatic heterocycles. The second-order valence-corrected chi connectivity index (χ2v) is 11.1. The van der Waals surface area contributed by atoms with Gasteiger partial charge in [0.2, 0.25) is 11.8 Å². The first-order valence-corrected chi connectivity index (χ1v) is 14.5. The van der Waals surface area contributed by atoms with Gasteiger partial charge in [-0.2, -0.15) is 0 Å². The van der Waals surface area contributed by atoms with Gasteiger partial charge in [-0.25, -0.2) is 0 Å². The number of aromatic hydroxyl groups is 1. The van der Waals surface area contributed by atoms with E-state index in [2.05, 4.69) is 0 Å². The number of imide groups is 1. The lowest BCUT2D eigenvalue weighted by atomic mass is 9.68. The minimum atomic E-state index is -1.06. The highest BCUT2D eigenvalue weighted by Gasteiger charge is 2.54. The second kappa shape index (κ2) is 14.4. The number of phenolic OH excluding ortho intramolecular Hbond substituents is 1. The number of likely N-dealkylation sites (tertiary alicyclic amines) is 1. The number of allylic oxidation sites excluding steroid dienone is 1. The van der Waals surface area contributed by atoms with E-state index in [9.17, 15) is 34.8 Å². The van der Waals surface area contributed by atoms with Gasteiger partial charge in [0.1, 0.15) is 5.75 Å². The molecule has 4 rings (SSSR count). The maximum atomic E-state index is 13.4. The van der Waals surface area contributed by atoms with E-state index < -0.39 is 48.9 Å². The van der Waals surface area contributed by atoms with Gasteiger partial charge in [0.25, 0.3) is 0 Å². The Morgan fingerprint density at radius 3 is 2.40 bits per heavy atom. The van der Waals surface area contributed by atoms with Crippen molar-refractivity contribution in [2.24, 2.45) is 17.8 Å². The summed E-state index contributed by atoms with van der Waals surface area (Å²) in [5.74, 6) is -3.82. The Hall–Kier alpha value is -3.79. The molecule has 0 unspecified atom stereocenters. The summed E-state index contributed by atoms with van der Waals surface area (Å²) in [6.45, 7) is -0.671. The van der Waals surface area contributed by atoms with Crippen LogP contribution in [0, 0.1) is 17.8 Å². The molecule has 1 aliphatic carbocycles. The standard InChI is InChI=1S/C33H39NO8/c35-19-24-18-26-31(33(42)34(32(26)41)15-6-2-5-12-29(39)40)27(20-36)30(24)28(38)14-13-23(22-9-3-1-4-10-22)16-21-8-7-11-25(37)17-21/h1,3-4,7-11,16-17,26-28,31,35-38H,2,5-6,12-15,18-20H2,(H,39,40)/b23-16-/t26-,27+,28-,31-/m1/s1. The van der Waals surface area contributed by atoms with Crippen LogP contribution in [0.5, 0.6) is 5.75 Å². The Bertz CT molecular complexity index is 1330. The third kappa shape index (κ3) is 7.15. The number of fused-ring (bicyclic) bond motifs is 1. The van der Waals surface area contributed by atoms with Crippen molar-refractivity contribution in [1.82, 2.24) is 4.90 Å². The van der Waals surface area contributed by atoms with E-state index in [1.54, 1.807) is 18.2 Å². The molecule has 0 aromatic heterocycles. The van der Waals surface area contributed by atoms with Crippen molar-refractivity contribution in [2.45, 2.75) is 51.0 Å². The number of carboxylic acids is 1. The van der Waals surface area contributed by atoms with Crippen molar-refractivity contribution in [3.63, 3.8) is 0 Å². The Morgan fingerprint density at radius 1 is 0.976 bits per heavy atom. The van der Waals surface area contributed by atoms with Gasteiger partial charge in [0, 0.05) is 18.9 Å². The maximum Gasteiger partial charge on any atom is 0.303 e. The predicted molar refractivity (Wildman–Crippen MR) is 157 cm³/mol. The molecule has 0 bridgehead atoms. The van der Waals surface area contributed by atoms with Crippen LogP contribution in [-0.2, 0) is 14.4 Å². The molecular formula is C33H39NO8. The molecule has 0 spiro atoms. The average Bonchev–Trinajstić information content (AvgIpc) is 3.22. The van der Waals surface area contributed by atoms with Crippen LogP contribution in [0.1, 0.15) is 56.1 Å². The number of unbranched alkanes of at least 4 members (excludes halogenated alkanes) is 2. The van der Waals surface area contributed by atoms with Gasteiger partial charge in [-0.05, 0) is 72.1 Å². The quantitative estimate of drug-likeness (QED) is 0.0987. The van der Waals surface area contributed by atoms with Crippen molar-refractivity contribution >= 4 is 29.4 Å². The molecule has 2 aromatic carbocycles. The Kier molecular flexibility index (Phi) is 10.7. The largest absolute Gasteiger partial charge is 0.508 e. The molecule has 2 aliphatic rings. The van der Waals surface area contributed by atoms with Gasteiger partial charge in [-0.1, -0.05) is 55.0 Å². The van der Waals surface area contributed by atoms with Crippen LogP contribution in [-0.4, -0.2) is 74.1 Å². The number of rotatable bonds is 14. The number of aliphatic carboxylic acids is 1. The van der Waals surface area contributed by atoms with E-state index in [0.29, 0.717) is 36.8 Å². The number of hydrogen-bond donors (Lipinski definition) is 5. The van der Waals surface area contributed by atoms with Crippen LogP contribution >= 0.6 is 0 Å². The normalized spacial score (nSPS) is 21.5. The van der Waals surface area contributed by atoms with E-state index >= 15 is 0 Å². The highest BCUT2D eigenvalue weighted by atomic mass is 16.4. The molecule has 5 N–H and O–H groups in total. The number of nitrogens with zero attached hydrogens (tertiary/aromatic N) is 1. The van der Waals surface area contributed by atoms with Crippen LogP contribution in [0.2, 0.25) is 0 Å². The summed E-state index contributed by atoms with van der Waals surface area (Å²) >= 11 is 0. The van der Waals surface area contributed by atoms with Crippen LogP contribution in [0.25, 0.3) is 11.6 Å². The second-order valence-electron chi connectivity index (χ2n) is 11.1. The Morgan fingerprint density at radius 2 is 1.74 bits per heavy atom. The van der Waals surface area contributed by atoms with Crippen molar-refractivity contribution < 1.29 is 39.9 Å². The van der Waals surface area contributed by atoms with Crippen LogP contribution in [0.15, 0.2) is 65.7 Å². The van der Waals surface area contributed by atoms with E-state index in [4.69, 9.17) is 5.11 Å². The lowest BCUT2D eigenvalue weighted by Crippen LogP contribution is -2.39. The zero-order valence-electron chi connectivity index (χ0n) is 23.6. The molecule has 1 fully saturated rings. The van der Waals surface area contributed by atoms with Gasteiger partial charge < -0.3 is 25.5 Å². The first-order valence-electron chi connectivity index (χ1n) is 14.5. The monoisotopic (exact) mass is 577 g/mol. The molecule has 1 saturated heterocycles. The molecule has 2 amide bonds. The fourth-order valence-corrected chi connectivity index (χ4v) is 6.33. The molecule has 4 atom stereocenters. The first kappa shape index (κ1) is 31.2. The average molecular weight is 578 g/mol. The summed E-state index contributed by atoms with van der Waals surface area (Å²) in [6.07, 6.45) is 3.23. The van der Waals surface area contributed by atoms with Gasteiger partial charge in [0.15, 0.2) is 0 Å². The van der Waals surface area contributed by atoms with E-state index in [1.165, 1.54) is 4.90 Å². The first-order chi connectivity index (χ1) is 20.2. The van der Waals surface area contributed by atoms with Crippen molar-refractivity contribution in [1.29, 1.82) is 0 Å². The van der Waals surface area contributed by atoms with Crippen LogP contribution in [0.3, 0.4) is 0 Å². The number of aliphatic hydroxyl groups excluding tert-OH is 3. The van der Waals surface area contributed by atoms with Crippen molar-refractivity contribution in [2.75, 3.05) is 19.8 Å². The lowest BCUT2D eigenvalue weighted by Gasteiger charge is -2.36. The molecular weight excluding hydrogens is 538 g/mol. The van der Waals surface area contributed by atoms with Crippen molar-refractivity contribution in [3.05, 3.63) is 76.9 Å². The molecule has 224 valence electrons. The molecule has 0 saturated carbocycles. The number of aliphatic hydroxyl groups is 3. The molecule has 42 heavy (non-hydrogen) atoms. The molecule has 9 heteroatoms. The molecule has 0 radical (unpaired) electrons. The zero-order chi connectivity index (χ0) is 30.2. The highest BCUT2D eigenvalue weighted by molar-refractivity contribution is 6.05. The number of carboxylic acid groups (broad SMARTS) is 1. The van der Waals surface area contributed by atoms with E-state index in [-0.39, 0.29) is 37.5 Å². The topological polar surface area (TPSA) is 156 Å². The van der Waals surface area contributed by atoms with Gasteiger partial charge in [0.05, 0.1) is 31.2 Å². The van der Waals surface area contributed by atoms with Crippen LogP contribution < -0.4 is 0 Å². The summed E-state index contributed by atoms with van der Waals surface area (Å²) in [4.78, 5) is 38.6. The summed E-state index contributed by atoms with van der Waals surface area (Å²) in [5.41, 5.74) is 3.57. The number of amides is 2.